The van der Waals surface area contributed by atoms with Crippen LogP contribution in [0.3, 0.4) is 0 Å². The molecule has 3 N–H and O–H groups in total. The van der Waals surface area contributed by atoms with Gasteiger partial charge in [0.2, 0.25) is 0 Å². The predicted molar refractivity (Wildman–Crippen MR) is 69.7 cm³/mol. The molecular weight excluding hydrogens is 246 g/mol. The summed E-state index contributed by atoms with van der Waals surface area (Å²) in [5, 5.41) is 11.4. The van der Waals surface area contributed by atoms with Crippen molar-refractivity contribution in [2.45, 2.75) is 13.0 Å². The van der Waals surface area contributed by atoms with Crippen molar-refractivity contribution in [1.82, 2.24) is 0 Å². The van der Waals surface area contributed by atoms with E-state index in [1.165, 1.54) is 13.0 Å². The van der Waals surface area contributed by atoms with Gasteiger partial charge in [-0.25, -0.2) is 4.79 Å². The second-order valence-electron chi connectivity index (χ2n) is 4.13. The Morgan fingerprint density at radius 2 is 1.89 bits per heavy atom. The minimum atomic E-state index is -1.04. The SMILES string of the molecule is C[C@@H](OC(=O)c1ccc2ccccc2c1O)C(N)=O. The number of hydrogen-bond donors (Lipinski definition) is 2. The third-order valence-electron chi connectivity index (χ3n) is 2.80. The molecule has 2 aromatic rings. The average Bonchev–Trinajstić information content (AvgIpc) is 2.39. The molecule has 0 radical (unpaired) electrons. The molecule has 0 saturated carbocycles. The van der Waals surface area contributed by atoms with E-state index in [-0.39, 0.29) is 11.3 Å². The molecule has 0 fully saturated rings. The van der Waals surface area contributed by atoms with Crippen LogP contribution in [0.2, 0.25) is 0 Å². The second-order valence-corrected chi connectivity index (χ2v) is 4.13. The fourth-order valence-electron chi connectivity index (χ4n) is 1.70. The van der Waals surface area contributed by atoms with E-state index in [1.807, 2.05) is 12.1 Å². The van der Waals surface area contributed by atoms with Crippen LogP contribution in [0.15, 0.2) is 36.4 Å². The first-order valence-electron chi connectivity index (χ1n) is 5.71. The number of hydrogen-bond acceptors (Lipinski definition) is 4. The van der Waals surface area contributed by atoms with E-state index in [0.717, 1.165) is 5.39 Å². The van der Waals surface area contributed by atoms with Crippen LogP contribution in [-0.4, -0.2) is 23.1 Å². The first-order chi connectivity index (χ1) is 9.00. The smallest absolute Gasteiger partial charge is 0.342 e. The molecule has 0 bridgehead atoms. The van der Waals surface area contributed by atoms with E-state index in [9.17, 15) is 14.7 Å². The molecule has 0 aliphatic heterocycles. The van der Waals surface area contributed by atoms with Crippen LogP contribution in [0.25, 0.3) is 10.8 Å². The molecule has 5 nitrogen and oxygen atoms in total. The Morgan fingerprint density at radius 3 is 2.58 bits per heavy atom. The van der Waals surface area contributed by atoms with E-state index in [2.05, 4.69) is 0 Å². The van der Waals surface area contributed by atoms with Gasteiger partial charge in [-0.1, -0.05) is 30.3 Å². The van der Waals surface area contributed by atoms with Gasteiger partial charge in [-0.15, -0.1) is 0 Å². The zero-order valence-corrected chi connectivity index (χ0v) is 10.3. The minimum Gasteiger partial charge on any atom is -0.506 e. The Hall–Kier alpha value is -2.56. The van der Waals surface area contributed by atoms with Gasteiger partial charge in [-0.05, 0) is 18.4 Å². The van der Waals surface area contributed by atoms with Crippen LogP contribution >= 0.6 is 0 Å². The summed E-state index contributed by atoms with van der Waals surface area (Å²) >= 11 is 0. The van der Waals surface area contributed by atoms with Gasteiger partial charge in [0.15, 0.2) is 6.10 Å². The number of carbonyl (C=O) groups excluding carboxylic acids is 2. The third-order valence-corrected chi connectivity index (χ3v) is 2.80. The molecule has 0 saturated heterocycles. The quantitative estimate of drug-likeness (QED) is 0.819. The van der Waals surface area contributed by atoms with Crippen molar-refractivity contribution >= 4 is 22.6 Å². The molecule has 0 unspecified atom stereocenters. The highest BCUT2D eigenvalue weighted by Gasteiger charge is 2.19. The summed E-state index contributed by atoms with van der Waals surface area (Å²) < 4.78 is 4.85. The van der Waals surface area contributed by atoms with Crippen molar-refractivity contribution in [3.05, 3.63) is 42.0 Å². The average molecular weight is 259 g/mol. The number of ether oxygens (including phenoxy) is 1. The highest BCUT2D eigenvalue weighted by Crippen LogP contribution is 2.29. The second kappa shape index (κ2) is 4.97. The summed E-state index contributed by atoms with van der Waals surface area (Å²) in [5.74, 6) is -1.69. The Bertz CT molecular complexity index is 651. The molecule has 0 aromatic heterocycles. The number of aromatic hydroxyl groups is 1. The number of carbonyl (C=O) groups is 2. The molecule has 0 aliphatic carbocycles. The largest absolute Gasteiger partial charge is 0.506 e. The topological polar surface area (TPSA) is 89.6 Å². The normalized spacial score (nSPS) is 12.1. The lowest BCUT2D eigenvalue weighted by atomic mass is 10.1. The summed E-state index contributed by atoms with van der Waals surface area (Å²) in [6.07, 6.45) is -1.04. The maximum absolute atomic E-state index is 11.8. The molecule has 2 aromatic carbocycles. The molecule has 19 heavy (non-hydrogen) atoms. The van der Waals surface area contributed by atoms with Crippen LogP contribution in [0.5, 0.6) is 5.75 Å². The van der Waals surface area contributed by atoms with Gasteiger partial charge in [0.25, 0.3) is 5.91 Å². The maximum Gasteiger partial charge on any atom is 0.342 e. The minimum absolute atomic E-state index is 0.00630. The number of phenols is 1. The molecule has 1 amide bonds. The highest BCUT2D eigenvalue weighted by molar-refractivity contribution is 6.01. The highest BCUT2D eigenvalue weighted by atomic mass is 16.5. The third kappa shape index (κ3) is 2.49. The number of amides is 1. The summed E-state index contributed by atoms with van der Waals surface area (Å²) in [6, 6.07) is 10.2. The first-order valence-corrected chi connectivity index (χ1v) is 5.71. The molecule has 0 heterocycles. The van der Waals surface area contributed by atoms with E-state index in [1.54, 1.807) is 18.2 Å². The molecule has 0 spiro atoms. The molecular formula is C14H13NO4. The van der Waals surface area contributed by atoms with Crippen molar-refractivity contribution < 1.29 is 19.4 Å². The summed E-state index contributed by atoms with van der Waals surface area (Å²) in [4.78, 5) is 22.7. The number of nitrogens with two attached hydrogens (primary N) is 1. The fourth-order valence-corrected chi connectivity index (χ4v) is 1.70. The van der Waals surface area contributed by atoms with E-state index in [4.69, 9.17) is 10.5 Å². The number of rotatable bonds is 3. The number of fused-ring (bicyclic) bond motifs is 1. The van der Waals surface area contributed by atoms with Crippen LogP contribution in [0.4, 0.5) is 0 Å². The molecule has 2 rings (SSSR count). The maximum atomic E-state index is 11.8. The fraction of sp³-hybridized carbons (Fsp3) is 0.143. The standard InChI is InChI=1S/C14H13NO4/c1-8(13(15)17)19-14(18)11-7-6-9-4-2-3-5-10(9)12(11)16/h2-8,16H,1H3,(H2,15,17)/t8-/m1/s1. The Kier molecular flexibility index (Phi) is 3.37. The van der Waals surface area contributed by atoms with E-state index in [0.29, 0.717) is 5.39 Å². The van der Waals surface area contributed by atoms with Crippen molar-refractivity contribution in [1.29, 1.82) is 0 Å². The van der Waals surface area contributed by atoms with Crippen LogP contribution in [0, 0.1) is 0 Å². The lowest BCUT2D eigenvalue weighted by Gasteiger charge is -2.11. The van der Waals surface area contributed by atoms with Crippen molar-refractivity contribution in [3.8, 4) is 5.75 Å². The molecule has 5 heteroatoms. The Morgan fingerprint density at radius 1 is 1.21 bits per heavy atom. The monoisotopic (exact) mass is 259 g/mol. The number of primary amides is 1. The summed E-state index contributed by atoms with van der Waals surface area (Å²) in [5.41, 5.74) is 5.02. The molecule has 98 valence electrons. The van der Waals surface area contributed by atoms with Crippen LogP contribution in [-0.2, 0) is 9.53 Å². The number of esters is 1. The number of phenolic OH excluding ortho intramolecular Hbond substituents is 1. The first kappa shape index (κ1) is 12.9. The Labute approximate surface area is 109 Å². The van der Waals surface area contributed by atoms with Gasteiger partial charge in [-0.2, -0.15) is 0 Å². The predicted octanol–water partition coefficient (Wildman–Crippen LogP) is 1.58. The molecule has 0 aliphatic rings. The van der Waals surface area contributed by atoms with E-state index >= 15 is 0 Å². The van der Waals surface area contributed by atoms with Crippen molar-refractivity contribution in [2.75, 3.05) is 0 Å². The van der Waals surface area contributed by atoms with Crippen molar-refractivity contribution in [3.63, 3.8) is 0 Å². The summed E-state index contributed by atoms with van der Waals surface area (Å²) in [7, 11) is 0. The van der Waals surface area contributed by atoms with Gasteiger partial charge in [0.1, 0.15) is 11.3 Å². The zero-order chi connectivity index (χ0) is 14.0. The lowest BCUT2D eigenvalue weighted by molar-refractivity contribution is -0.125. The lowest BCUT2D eigenvalue weighted by Crippen LogP contribution is -2.30. The van der Waals surface area contributed by atoms with Gasteiger partial charge >= 0.3 is 5.97 Å². The van der Waals surface area contributed by atoms with Crippen LogP contribution in [0.1, 0.15) is 17.3 Å². The summed E-state index contributed by atoms with van der Waals surface area (Å²) in [6.45, 7) is 1.37. The van der Waals surface area contributed by atoms with Gasteiger partial charge in [-0.3, -0.25) is 4.79 Å². The molecule has 1 atom stereocenters. The van der Waals surface area contributed by atoms with Crippen molar-refractivity contribution in [2.24, 2.45) is 5.73 Å². The zero-order valence-electron chi connectivity index (χ0n) is 10.3. The Balaban J connectivity index is 2.38. The van der Waals surface area contributed by atoms with E-state index < -0.39 is 18.0 Å². The van der Waals surface area contributed by atoms with Gasteiger partial charge < -0.3 is 15.6 Å². The number of benzene rings is 2. The van der Waals surface area contributed by atoms with Gasteiger partial charge in [0, 0.05) is 5.39 Å². The van der Waals surface area contributed by atoms with Gasteiger partial charge in [0.05, 0.1) is 0 Å². The van der Waals surface area contributed by atoms with Crippen LogP contribution < -0.4 is 5.73 Å².